The average Bonchev–Trinajstić information content (AvgIpc) is 2.24. The number of thiocarbonyl (C=S) groups is 1. The quantitative estimate of drug-likeness (QED) is 0.795. The van der Waals surface area contributed by atoms with E-state index < -0.39 is 17.1 Å². The molecule has 1 aliphatic rings. The summed E-state index contributed by atoms with van der Waals surface area (Å²) in [7, 11) is 0. The first-order chi connectivity index (χ1) is 7.84. The van der Waals surface area contributed by atoms with Crippen molar-refractivity contribution in [1.29, 1.82) is 0 Å². The molecule has 0 amide bonds. The van der Waals surface area contributed by atoms with Gasteiger partial charge in [0, 0.05) is 6.54 Å². The standard InChI is InChI=1S/C11H19F3N2S/c1-2-8-3-5-16(6-4-8)7-9(10(15)17)11(12,13)14/h8-9H,2-7H2,1H3,(H2,15,17). The molecule has 0 aromatic heterocycles. The van der Waals surface area contributed by atoms with Crippen LogP contribution in [0.3, 0.4) is 0 Å². The summed E-state index contributed by atoms with van der Waals surface area (Å²) >= 11 is 4.51. The summed E-state index contributed by atoms with van der Waals surface area (Å²) in [6, 6.07) is 0. The molecule has 0 aromatic carbocycles. The molecule has 0 aromatic rings. The van der Waals surface area contributed by atoms with Gasteiger partial charge in [0.15, 0.2) is 0 Å². The minimum Gasteiger partial charge on any atom is -0.393 e. The first-order valence-corrected chi connectivity index (χ1v) is 6.33. The maximum absolute atomic E-state index is 12.7. The Kier molecular flexibility index (Phi) is 5.19. The summed E-state index contributed by atoms with van der Waals surface area (Å²) in [6.07, 6.45) is -1.28. The molecule has 1 fully saturated rings. The minimum atomic E-state index is -4.33. The molecule has 6 heteroatoms. The van der Waals surface area contributed by atoms with E-state index >= 15 is 0 Å². The Hall–Kier alpha value is -0.360. The number of nitrogens with two attached hydrogens (primary N) is 1. The zero-order valence-electron chi connectivity index (χ0n) is 9.96. The van der Waals surface area contributed by atoms with Crippen molar-refractivity contribution in [3.05, 3.63) is 0 Å². The molecular weight excluding hydrogens is 249 g/mol. The number of alkyl halides is 3. The van der Waals surface area contributed by atoms with E-state index in [9.17, 15) is 13.2 Å². The monoisotopic (exact) mass is 268 g/mol. The second-order valence-corrected chi connectivity index (χ2v) is 5.12. The third-order valence-corrected chi connectivity index (χ3v) is 3.75. The lowest BCUT2D eigenvalue weighted by Gasteiger charge is -2.34. The highest BCUT2D eigenvalue weighted by Crippen LogP contribution is 2.29. The Morgan fingerprint density at radius 2 is 1.94 bits per heavy atom. The van der Waals surface area contributed by atoms with Gasteiger partial charge in [0.1, 0.15) is 5.92 Å². The van der Waals surface area contributed by atoms with Crippen LogP contribution in [0.2, 0.25) is 0 Å². The van der Waals surface area contributed by atoms with Gasteiger partial charge in [-0.3, -0.25) is 0 Å². The number of hydrogen-bond acceptors (Lipinski definition) is 2. The summed E-state index contributed by atoms with van der Waals surface area (Å²) in [5.74, 6) is -1.02. The number of halogens is 3. The predicted octanol–water partition coefficient (Wildman–Crippen LogP) is 2.57. The van der Waals surface area contributed by atoms with Gasteiger partial charge < -0.3 is 10.6 Å². The van der Waals surface area contributed by atoms with Crippen molar-refractivity contribution >= 4 is 17.2 Å². The van der Waals surface area contributed by atoms with Gasteiger partial charge >= 0.3 is 6.18 Å². The van der Waals surface area contributed by atoms with Gasteiger partial charge in [-0.2, -0.15) is 13.2 Å². The molecule has 1 saturated heterocycles. The number of nitrogens with zero attached hydrogens (tertiary/aromatic N) is 1. The van der Waals surface area contributed by atoms with Crippen LogP contribution >= 0.6 is 12.2 Å². The molecule has 2 N–H and O–H groups in total. The fourth-order valence-corrected chi connectivity index (χ4v) is 2.40. The number of rotatable bonds is 4. The van der Waals surface area contributed by atoms with Crippen molar-refractivity contribution in [2.75, 3.05) is 19.6 Å². The number of hydrogen-bond donors (Lipinski definition) is 1. The Labute approximate surface area is 105 Å². The van der Waals surface area contributed by atoms with Gasteiger partial charge in [-0.1, -0.05) is 25.6 Å². The largest absolute Gasteiger partial charge is 0.399 e. The first kappa shape index (κ1) is 14.7. The molecule has 2 nitrogen and oxygen atoms in total. The van der Waals surface area contributed by atoms with Gasteiger partial charge in [-0.05, 0) is 31.8 Å². The molecule has 0 spiro atoms. The number of piperidine rings is 1. The minimum absolute atomic E-state index is 0.0880. The van der Waals surface area contributed by atoms with Crippen LogP contribution in [-0.4, -0.2) is 35.7 Å². The van der Waals surface area contributed by atoms with Crippen LogP contribution in [-0.2, 0) is 0 Å². The first-order valence-electron chi connectivity index (χ1n) is 5.93. The van der Waals surface area contributed by atoms with Gasteiger partial charge in [0.2, 0.25) is 0 Å². The maximum Gasteiger partial charge on any atom is 0.399 e. The van der Waals surface area contributed by atoms with Gasteiger partial charge in [-0.15, -0.1) is 0 Å². The highest BCUT2D eigenvalue weighted by molar-refractivity contribution is 7.80. The highest BCUT2D eigenvalue weighted by Gasteiger charge is 2.42. The van der Waals surface area contributed by atoms with Crippen molar-refractivity contribution in [3.63, 3.8) is 0 Å². The van der Waals surface area contributed by atoms with Crippen LogP contribution in [0, 0.1) is 11.8 Å². The zero-order valence-corrected chi connectivity index (χ0v) is 10.8. The Morgan fingerprint density at radius 1 is 1.41 bits per heavy atom. The van der Waals surface area contributed by atoms with Gasteiger partial charge in [-0.25, -0.2) is 0 Å². The molecule has 0 bridgehead atoms. The normalized spacial score (nSPS) is 21.4. The summed E-state index contributed by atoms with van der Waals surface area (Å²) in [5, 5.41) is 0. The van der Waals surface area contributed by atoms with Crippen LogP contribution < -0.4 is 5.73 Å². The van der Waals surface area contributed by atoms with Crippen LogP contribution in [0.5, 0.6) is 0 Å². The summed E-state index contributed by atoms with van der Waals surface area (Å²) < 4.78 is 38.0. The van der Waals surface area contributed by atoms with Crippen molar-refractivity contribution < 1.29 is 13.2 Å². The van der Waals surface area contributed by atoms with Gasteiger partial charge in [0.05, 0.1) is 4.99 Å². The number of likely N-dealkylation sites (tertiary alicyclic amines) is 1. The van der Waals surface area contributed by atoms with Crippen LogP contribution in [0.4, 0.5) is 13.2 Å². The van der Waals surface area contributed by atoms with E-state index in [-0.39, 0.29) is 6.54 Å². The SMILES string of the molecule is CCC1CCN(CC(C(N)=S)C(F)(F)F)CC1. The van der Waals surface area contributed by atoms with Crippen molar-refractivity contribution in [1.82, 2.24) is 4.90 Å². The smallest absolute Gasteiger partial charge is 0.393 e. The highest BCUT2D eigenvalue weighted by atomic mass is 32.1. The van der Waals surface area contributed by atoms with E-state index in [1.54, 1.807) is 0 Å². The van der Waals surface area contributed by atoms with E-state index in [2.05, 4.69) is 19.1 Å². The van der Waals surface area contributed by atoms with Crippen molar-refractivity contribution in [2.45, 2.75) is 32.4 Å². The van der Waals surface area contributed by atoms with Gasteiger partial charge in [0.25, 0.3) is 0 Å². The van der Waals surface area contributed by atoms with Crippen LogP contribution in [0.15, 0.2) is 0 Å². The molecule has 1 heterocycles. The van der Waals surface area contributed by atoms with E-state index in [1.165, 1.54) is 0 Å². The third kappa shape index (κ3) is 4.43. The zero-order chi connectivity index (χ0) is 13.1. The molecule has 1 aliphatic heterocycles. The molecule has 1 atom stereocenters. The molecular formula is C11H19F3N2S. The summed E-state index contributed by atoms with van der Waals surface area (Å²) in [6.45, 7) is 3.46. The maximum atomic E-state index is 12.7. The summed E-state index contributed by atoms with van der Waals surface area (Å²) in [5.41, 5.74) is 5.18. The molecule has 1 unspecified atom stereocenters. The van der Waals surface area contributed by atoms with E-state index in [4.69, 9.17) is 5.73 Å². The van der Waals surface area contributed by atoms with Crippen LogP contribution in [0.1, 0.15) is 26.2 Å². The fraction of sp³-hybridized carbons (Fsp3) is 0.909. The Bertz CT molecular complexity index is 260. The van der Waals surface area contributed by atoms with Crippen LogP contribution in [0.25, 0.3) is 0 Å². The fourth-order valence-electron chi connectivity index (χ4n) is 2.19. The second-order valence-electron chi connectivity index (χ2n) is 4.65. The van der Waals surface area contributed by atoms with Crippen molar-refractivity contribution in [3.8, 4) is 0 Å². The van der Waals surface area contributed by atoms with E-state index in [1.807, 2.05) is 4.90 Å². The molecule has 0 saturated carbocycles. The van der Waals surface area contributed by atoms with E-state index in [0.29, 0.717) is 19.0 Å². The second kappa shape index (κ2) is 6.00. The Balaban J connectivity index is 2.50. The van der Waals surface area contributed by atoms with E-state index in [0.717, 1.165) is 19.3 Å². The lowest BCUT2D eigenvalue weighted by atomic mass is 9.93. The lowest BCUT2D eigenvalue weighted by molar-refractivity contribution is -0.159. The van der Waals surface area contributed by atoms with Crippen molar-refractivity contribution in [2.24, 2.45) is 17.6 Å². The third-order valence-electron chi connectivity index (χ3n) is 3.46. The molecule has 17 heavy (non-hydrogen) atoms. The Morgan fingerprint density at radius 3 is 2.29 bits per heavy atom. The topological polar surface area (TPSA) is 29.3 Å². The average molecular weight is 268 g/mol. The molecule has 100 valence electrons. The predicted molar refractivity (Wildman–Crippen MR) is 65.8 cm³/mol. The summed E-state index contributed by atoms with van der Waals surface area (Å²) in [4.78, 5) is 1.37. The molecule has 0 radical (unpaired) electrons. The molecule has 0 aliphatic carbocycles. The lowest BCUT2D eigenvalue weighted by Crippen LogP contribution is -2.45. The molecule has 1 rings (SSSR count).